The second-order valence-corrected chi connectivity index (χ2v) is 10.2. The molecular weight excluding hydrogens is 568 g/mol. The summed E-state index contributed by atoms with van der Waals surface area (Å²) in [5, 5.41) is 11.5. The first kappa shape index (κ1) is 31.2. The zero-order valence-electron chi connectivity index (χ0n) is 24.8. The van der Waals surface area contributed by atoms with Crippen molar-refractivity contribution in [3.05, 3.63) is 129 Å². The highest BCUT2D eigenvalue weighted by Crippen LogP contribution is 2.43. The highest BCUT2D eigenvalue weighted by Gasteiger charge is 2.48. The zero-order valence-corrected chi connectivity index (χ0v) is 24.8. The highest BCUT2D eigenvalue weighted by molar-refractivity contribution is 5.49. The Kier molecular flexibility index (Phi) is 9.93. The van der Waals surface area contributed by atoms with Gasteiger partial charge in [-0.2, -0.15) is 0 Å². The van der Waals surface area contributed by atoms with Gasteiger partial charge in [0, 0.05) is 19.4 Å². The molecule has 0 bridgehead atoms. The molecule has 1 unspecified atom stereocenters. The molecule has 44 heavy (non-hydrogen) atoms. The predicted octanol–water partition coefficient (Wildman–Crippen LogP) is 2.85. The lowest BCUT2D eigenvalue weighted by Gasteiger charge is -2.37. The van der Waals surface area contributed by atoms with Crippen LogP contribution in [0.4, 0.5) is 0 Å². The molecular formula is C33H36N2O9. The van der Waals surface area contributed by atoms with Crippen LogP contribution in [0.5, 0.6) is 11.5 Å². The van der Waals surface area contributed by atoms with Crippen molar-refractivity contribution in [1.29, 1.82) is 0 Å². The van der Waals surface area contributed by atoms with E-state index >= 15 is 0 Å². The van der Waals surface area contributed by atoms with E-state index < -0.39 is 41.4 Å². The number of hydrogen-bond acceptors (Lipinski definition) is 9. The fourth-order valence-corrected chi connectivity index (χ4v) is 5.47. The van der Waals surface area contributed by atoms with E-state index in [0.29, 0.717) is 11.5 Å². The smallest absolute Gasteiger partial charge is 0.330 e. The summed E-state index contributed by atoms with van der Waals surface area (Å²) in [5.41, 5.74) is -0.0451. The number of aromatic amines is 1. The SMILES string of the molecule is COCCO[C@H]1C(O)[C@@H](COC(c2ccccc2)(c2ccc(OC)cc2)c2ccc(OC)cc2)O[C@H]1n1c(=O)cc[nH]c1=O. The fraction of sp³-hybridized carbons (Fsp3) is 0.333. The van der Waals surface area contributed by atoms with E-state index in [1.807, 2.05) is 78.9 Å². The molecule has 0 saturated carbocycles. The lowest BCUT2D eigenvalue weighted by molar-refractivity contribution is -0.100. The standard InChI is InChI=1S/C33H36N2O9/c1-39-19-20-42-30-29(37)27(44-31(30)35-28(36)17-18-34-32(35)38)21-43-33(22-7-5-4-6-8-22,23-9-13-25(40-2)14-10-23)24-11-15-26(41-3)16-12-24/h4-18,27,29-31,37H,19-21H2,1-3H3,(H,34,38)/t27-,29?,30+,31-/m1/s1. The van der Waals surface area contributed by atoms with Gasteiger partial charge in [-0.25, -0.2) is 9.36 Å². The monoisotopic (exact) mass is 604 g/mol. The lowest BCUT2D eigenvalue weighted by Crippen LogP contribution is -2.43. The molecule has 1 aliphatic heterocycles. The minimum atomic E-state index is -1.25. The van der Waals surface area contributed by atoms with Crippen LogP contribution in [0.2, 0.25) is 0 Å². The van der Waals surface area contributed by atoms with Crippen LogP contribution in [0.15, 0.2) is 101 Å². The maximum Gasteiger partial charge on any atom is 0.330 e. The van der Waals surface area contributed by atoms with Crippen LogP contribution in [0, 0.1) is 0 Å². The predicted molar refractivity (Wildman–Crippen MR) is 161 cm³/mol. The number of ether oxygens (including phenoxy) is 6. The Hall–Kier alpha value is -4.26. The number of aliphatic hydroxyl groups is 1. The first-order valence-corrected chi connectivity index (χ1v) is 14.2. The van der Waals surface area contributed by atoms with Gasteiger partial charge in [-0.05, 0) is 41.0 Å². The Bertz CT molecular complexity index is 1530. The normalized spacial score (nSPS) is 20.0. The fourth-order valence-electron chi connectivity index (χ4n) is 5.47. The molecule has 4 atom stereocenters. The third kappa shape index (κ3) is 6.19. The Morgan fingerprint density at radius 3 is 1.95 bits per heavy atom. The van der Waals surface area contributed by atoms with E-state index in [1.165, 1.54) is 19.4 Å². The van der Waals surface area contributed by atoms with Crippen molar-refractivity contribution < 1.29 is 33.5 Å². The largest absolute Gasteiger partial charge is 0.497 e. The number of H-pyrrole nitrogens is 1. The first-order chi connectivity index (χ1) is 21.4. The van der Waals surface area contributed by atoms with Crippen molar-refractivity contribution in [1.82, 2.24) is 9.55 Å². The third-order valence-corrected chi connectivity index (χ3v) is 7.69. The van der Waals surface area contributed by atoms with Crippen LogP contribution in [-0.4, -0.2) is 74.1 Å². The third-order valence-electron chi connectivity index (χ3n) is 7.69. The van der Waals surface area contributed by atoms with E-state index in [2.05, 4.69) is 4.98 Å². The van der Waals surface area contributed by atoms with Crippen LogP contribution in [0.1, 0.15) is 22.9 Å². The summed E-state index contributed by atoms with van der Waals surface area (Å²) in [6.45, 7) is 0.217. The first-order valence-electron chi connectivity index (χ1n) is 14.2. The minimum absolute atomic E-state index is 0.108. The number of nitrogens with zero attached hydrogens (tertiary/aromatic N) is 1. The van der Waals surface area contributed by atoms with E-state index in [1.54, 1.807) is 14.2 Å². The zero-order chi connectivity index (χ0) is 31.1. The van der Waals surface area contributed by atoms with Crippen molar-refractivity contribution >= 4 is 0 Å². The molecule has 11 nitrogen and oxygen atoms in total. The Labute approximate surface area is 254 Å². The number of hydrogen-bond donors (Lipinski definition) is 2. The molecule has 2 heterocycles. The van der Waals surface area contributed by atoms with E-state index in [0.717, 1.165) is 21.3 Å². The van der Waals surface area contributed by atoms with Crippen LogP contribution in [-0.2, 0) is 24.5 Å². The summed E-state index contributed by atoms with van der Waals surface area (Å²) in [7, 11) is 4.72. The summed E-state index contributed by atoms with van der Waals surface area (Å²) in [5.74, 6) is 1.36. The number of benzene rings is 3. The molecule has 0 amide bonds. The second kappa shape index (κ2) is 14.0. The quantitative estimate of drug-likeness (QED) is 0.175. The lowest BCUT2D eigenvalue weighted by atomic mass is 9.80. The molecule has 1 saturated heterocycles. The summed E-state index contributed by atoms with van der Waals surface area (Å²) in [4.78, 5) is 27.9. The molecule has 2 N–H and O–H groups in total. The van der Waals surface area contributed by atoms with Crippen molar-refractivity contribution in [3.63, 3.8) is 0 Å². The maximum atomic E-state index is 12.7. The van der Waals surface area contributed by atoms with Gasteiger partial charge in [-0.1, -0.05) is 54.6 Å². The number of nitrogens with one attached hydrogen (secondary N) is 1. The molecule has 3 aromatic carbocycles. The number of rotatable bonds is 13. The van der Waals surface area contributed by atoms with Crippen molar-refractivity contribution in [2.75, 3.05) is 41.2 Å². The molecule has 4 aromatic rings. The van der Waals surface area contributed by atoms with Crippen LogP contribution in [0.3, 0.4) is 0 Å². The molecule has 0 radical (unpaired) electrons. The van der Waals surface area contributed by atoms with Crippen LogP contribution < -0.4 is 20.7 Å². The average molecular weight is 605 g/mol. The summed E-state index contributed by atoms with van der Waals surface area (Å²) in [6.07, 6.45) is -3.22. The van der Waals surface area contributed by atoms with Crippen LogP contribution in [0.25, 0.3) is 0 Å². The molecule has 232 valence electrons. The minimum Gasteiger partial charge on any atom is -0.497 e. The molecule has 5 rings (SSSR count). The van der Waals surface area contributed by atoms with Gasteiger partial charge in [0.2, 0.25) is 0 Å². The highest BCUT2D eigenvalue weighted by atomic mass is 16.6. The Morgan fingerprint density at radius 1 is 0.818 bits per heavy atom. The van der Waals surface area contributed by atoms with Crippen molar-refractivity contribution in [3.8, 4) is 11.5 Å². The van der Waals surface area contributed by atoms with Gasteiger partial charge < -0.3 is 38.5 Å². The van der Waals surface area contributed by atoms with Gasteiger partial charge in [0.25, 0.3) is 5.56 Å². The van der Waals surface area contributed by atoms with E-state index in [-0.39, 0.29) is 19.8 Å². The topological polar surface area (TPSA) is 130 Å². The summed E-state index contributed by atoms with van der Waals surface area (Å²) >= 11 is 0. The maximum absolute atomic E-state index is 12.7. The molecule has 1 aromatic heterocycles. The Balaban J connectivity index is 1.57. The molecule has 1 aliphatic rings. The Morgan fingerprint density at radius 2 is 1.41 bits per heavy atom. The molecule has 1 fully saturated rings. The number of aromatic nitrogens is 2. The van der Waals surface area contributed by atoms with Gasteiger partial charge in [-0.15, -0.1) is 0 Å². The van der Waals surface area contributed by atoms with Crippen molar-refractivity contribution in [2.24, 2.45) is 0 Å². The van der Waals surface area contributed by atoms with Gasteiger partial charge in [0.1, 0.15) is 35.4 Å². The van der Waals surface area contributed by atoms with Crippen LogP contribution >= 0.6 is 0 Å². The average Bonchev–Trinajstić information content (AvgIpc) is 3.36. The van der Waals surface area contributed by atoms with Gasteiger partial charge in [0.05, 0.1) is 34.0 Å². The van der Waals surface area contributed by atoms with E-state index in [9.17, 15) is 14.7 Å². The number of aliphatic hydroxyl groups excluding tert-OH is 1. The van der Waals surface area contributed by atoms with Gasteiger partial charge in [-0.3, -0.25) is 4.79 Å². The molecule has 11 heteroatoms. The van der Waals surface area contributed by atoms with Gasteiger partial charge in [0.15, 0.2) is 6.23 Å². The van der Waals surface area contributed by atoms with Gasteiger partial charge >= 0.3 is 5.69 Å². The summed E-state index contributed by atoms with van der Waals surface area (Å²) < 4.78 is 35.8. The number of methoxy groups -OCH3 is 3. The van der Waals surface area contributed by atoms with E-state index in [4.69, 9.17) is 28.4 Å². The second-order valence-electron chi connectivity index (χ2n) is 10.2. The molecule has 0 spiro atoms. The van der Waals surface area contributed by atoms with Crippen molar-refractivity contribution in [2.45, 2.75) is 30.1 Å². The summed E-state index contributed by atoms with van der Waals surface area (Å²) in [6, 6.07) is 26.0. The molecule has 0 aliphatic carbocycles.